The molecule has 3 rings (SSSR count). The van der Waals surface area contributed by atoms with E-state index in [2.05, 4.69) is 6.07 Å². The molecule has 0 radical (unpaired) electrons. The second-order valence-corrected chi connectivity index (χ2v) is 5.43. The molecular formula is C15H18N2O3. The first-order valence-corrected chi connectivity index (χ1v) is 6.95. The Morgan fingerprint density at radius 1 is 1.45 bits per heavy atom. The zero-order valence-electron chi connectivity index (χ0n) is 11.3. The highest BCUT2D eigenvalue weighted by Gasteiger charge is 2.32. The number of rotatable bonds is 4. The first-order valence-electron chi connectivity index (χ1n) is 6.95. The molecule has 5 heteroatoms. The summed E-state index contributed by atoms with van der Waals surface area (Å²) in [6.45, 7) is 1.86. The fourth-order valence-corrected chi connectivity index (χ4v) is 2.84. The van der Waals surface area contributed by atoms with Crippen molar-refractivity contribution in [2.24, 2.45) is 11.7 Å². The number of carbonyl (C=O) groups is 2. The maximum absolute atomic E-state index is 11.8. The number of nitrogens with two attached hydrogens (primary N) is 1. The molecule has 2 aliphatic heterocycles. The van der Waals surface area contributed by atoms with Crippen molar-refractivity contribution in [2.45, 2.75) is 19.3 Å². The molecule has 0 saturated carbocycles. The number of ether oxygens (including phenoxy) is 1. The summed E-state index contributed by atoms with van der Waals surface area (Å²) in [6.07, 6.45) is 2.01. The second kappa shape index (κ2) is 5.15. The van der Waals surface area contributed by atoms with E-state index in [4.69, 9.17) is 10.5 Å². The fourth-order valence-electron chi connectivity index (χ4n) is 2.84. The maximum Gasteiger partial charge on any atom is 0.223 e. The summed E-state index contributed by atoms with van der Waals surface area (Å²) in [6, 6.07) is 6.18. The molecule has 20 heavy (non-hydrogen) atoms. The van der Waals surface area contributed by atoms with Gasteiger partial charge < -0.3 is 15.4 Å². The molecule has 106 valence electrons. The predicted octanol–water partition coefficient (Wildman–Crippen LogP) is 0.498. The van der Waals surface area contributed by atoms with E-state index >= 15 is 0 Å². The van der Waals surface area contributed by atoms with Gasteiger partial charge in [0, 0.05) is 25.9 Å². The lowest BCUT2D eigenvalue weighted by Gasteiger charge is -2.16. The first-order chi connectivity index (χ1) is 9.63. The second-order valence-electron chi connectivity index (χ2n) is 5.43. The van der Waals surface area contributed by atoms with Crippen LogP contribution in [0.5, 0.6) is 5.75 Å². The number of carbonyl (C=O) groups excluding carboxylic acids is 2. The highest BCUT2D eigenvalue weighted by atomic mass is 16.5. The summed E-state index contributed by atoms with van der Waals surface area (Å²) < 4.78 is 5.47. The van der Waals surface area contributed by atoms with Crippen LogP contribution in [0, 0.1) is 5.92 Å². The molecule has 1 atom stereocenters. The number of fused-ring (bicyclic) bond motifs is 1. The number of amides is 2. The molecule has 2 amide bonds. The van der Waals surface area contributed by atoms with E-state index < -0.39 is 0 Å². The molecule has 2 aliphatic rings. The van der Waals surface area contributed by atoms with E-state index in [-0.39, 0.29) is 24.2 Å². The van der Waals surface area contributed by atoms with Crippen molar-refractivity contribution < 1.29 is 14.3 Å². The highest BCUT2D eigenvalue weighted by Crippen LogP contribution is 2.26. The fraction of sp³-hybridized carbons (Fsp3) is 0.467. The zero-order valence-corrected chi connectivity index (χ0v) is 11.3. The molecule has 1 unspecified atom stereocenters. The Balaban J connectivity index is 1.60. The van der Waals surface area contributed by atoms with Crippen LogP contribution in [-0.2, 0) is 22.4 Å². The van der Waals surface area contributed by atoms with Gasteiger partial charge in [0.1, 0.15) is 5.75 Å². The Morgan fingerprint density at radius 3 is 3.05 bits per heavy atom. The van der Waals surface area contributed by atoms with Crippen LogP contribution in [0.3, 0.4) is 0 Å². The number of hydrogen-bond acceptors (Lipinski definition) is 3. The number of hydrogen-bond donors (Lipinski definition) is 1. The third-order valence-electron chi connectivity index (χ3n) is 4.04. The smallest absolute Gasteiger partial charge is 0.223 e. The van der Waals surface area contributed by atoms with E-state index in [0.29, 0.717) is 13.1 Å². The number of benzene rings is 1. The number of primary amides is 1. The minimum atomic E-state index is -0.379. The molecule has 1 saturated heterocycles. The van der Waals surface area contributed by atoms with Gasteiger partial charge in [-0.15, -0.1) is 0 Å². The van der Waals surface area contributed by atoms with Crippen molar-refractivity contribution in [3.8, 4) is 5.75 Å². The Bertz CT molecular complexity index is 556. The minimum absolute atomic E-state index is 0.0262. The van der Waals surface area contributed by atoms with Crippen LogP contribution in [0.4, 0.5) is 0 Å². The Kier molecular flexibility index (Phi) is 3.34. The summed E-state index contributed by atoms with van der Waals surface area (Å²) in [5.74, 6) is 0.296. The van der Waals surface area contributed by atoms with Crippen molar-refractivity contribution in [3.05, 3.63) is 29.3 Å². The van der Waals surface area contributed by atoms with Gasteiger partial charge in [-0.3, -0.25) is 9.59 Å². The van der Waals surface area contributed by atoms with Crippen molar-refractivity contribution in [3.63, 3.8) is 0 Å². The topological polar surface area (TPSA) is 72.6 Å². The van der Waals surface area contributed by atoms with Crippen molar-refractivity contribution >= 4 is 11.8 Å². The van der Waals surface area contributed by atoms with Crippen LogP contribution in [0.15, 0.2) is 18.2 Å². The molecule has 1 aromatic rings. The van der Waals surface area contributed by atoms with Gasteiger partial charge in [-0.1, -0.05) is 12.1 Å². The van der Waals surface area contributed by atoms with Crippen LogP contribution in [0.1, 0.15) is 17.5 Å². The summed E-state index contributed by atoms with van der Waals surface area (Å²) in [5.41, 5.74) is 7.70. The summed E-state index contributed by atoms with van der Waals surface area (Å²) in [7, 11) is 0. The standard InChI is InChI=1S/C15H18N2O3/c16-15(19)12-8-14(18)17(9-12)5-3-10-1-2-13-11(7-10)4-6-20-13/h1-2,7,12H,3-6,8-9H2,(H2,16,19). The minimum Gasteiger partial charge on any atom is -0.493 e. The van der Waals surface area contributed by atoms with Crippen molar-refractivity contribution in [1.29, 1.82) is 0 Å². The quantitative estimate of drug-likeness (QED) is 0.869. The van der Waals surface area contributed by atoms with Crippen molar-refractivity contribution in [2.75, 3.05) is 19.7 Å². The highest BCUT2D eigenvalue weighted by molar-refractivity contribution is 5.88. The van der Waals surface area contributed by atoms with E-state index in [1.807, 2.05) is 12.1 Å². The monoisotopic (exact) mass is 274 g/mol. The van der Waals surface area contributed by atoms with E-state index in [1.54, 1.807) is 4.90 Å². The van der Waals surface area contributed by atoms with E-state index in [9.17, 15) is 9.59 Å². The first kappa shape index (κ1) is 13.0. The van der Waals surface area contributed by atoms with Gasteiger partial charge in [-0.25, -0.2) is 0 Å². The largest absolute Gasteiger partial charge is 0.493 e. The van der Waals surface area contributed by atoms with Crippen LogP contribution in [-0.4, -0.2) is 36.4 Å². The van der Waals surface area contributed by atoms with Crippen LogP contribution >= 0.6 is 0 Å². The van der Waals surface area contributed by atoms with E-state index in [0.717, 1.165) is 25.2 Å². The van der Waals surface area contributed by atoms with Crippen LogP contribution in [0.2, 0.25) is 0 Å². The molecule has 0 aromatic heterocycles. The lowest BCUT2D eigenvalue weighted by molar-refractivity contribution is -0.128. The van der Waals surface area contributed by atoms with Gasteiger partial charge in [0.15, 0.2) is 0 Å². The number of nitrogens with zero attached hydrogens (tertiary/aromatic N) is 1. The normalized spacial score (nSPS) is 20.9. The average molecular weight is 274 g/mol. The molecule has 1 aromatic carbocycles. The number of likely N-dealkylation sites (tertiary alicyclic amines) is 1. The Morgan fingerprint density at radius 2 is 2.30 bits per heavy atom. The molecule has 0 aliphatic carbocycles. The molecule has 2 heterocycles. The molecule has 5 nitrogen and oxygen atoms in total. The lowest BCUT2D eigenvalue weighted by atomic mass is 10.1. The van der Waals surface area contributed by atoms with Gasteiger partial charge in [-0.2, -0.15) is 0 Å². The Labute approximate surface area is 117 Å². The van der Waals surface area contributed by atoms with Gasteiger partial charge >= 0.3 is 0 Å². The predicted molar refractivity (Wildman–Crippen MR) is 73.2 cm³/mol. The molecular weight excluding hydrogens is 256 g/mol. The lowest BCUT2D eigenvalue weighted by Crippen LogP contribution is -2.30. The molecule has 1 fully saturated rings. The Hall–Kier alpha value is -2.04. The van der Waals surface area contributed by atoms with Gasteiger partial charge in [-0.05, 0) is 23.6 Å². The summed E-state index contributed by atoms with van der Waals surface area (Å²) in [4.78, 5) is 24.7. The van der Waals surface area contributed by atoms with Gasteiger partial charge in [0.05, 0.1) is 12.5 Å². The average Bonchev–Trinajstić information content (AvgIpc) is 3.02. The maximum atomic E-state index is 11.8. The molecule has 0 spiro atoms. The third-order valence-corrected chi connectivity index (χ3v) is 4.04. The summed E-state index contributed by atoms with van der Waals surface area (Å²) >= 11 is 0. The van der Waals surface area contributed by atoms with Crippen molar-refractivity contribution in [1.82, 2.24) is 4.90 Å². The van der Waals surface area contributed by atoms with E-state index in [1.165, 1.54) is 11.1 Å². The zero-order chi connectivity index (χ0) is 14.1. The third kappa shape index (κ3) is 2.48. The van der Waals surface area contributed by atoms with Gasteiger partial charge in [0.2, 0.25) is 11.8 Å². The summed E-state index contributed by atoms with van der Waals surface area (Å²) in [5, 5.41) is 0. The van der Waals surface area contributed by atoms with Gasteiger partial charge in [0.25, 0.3) is 0 Å². The molecule has 2 N–H and O–H groups in total. The van der Waals surface area contributed by atoms with Crippen LogP contribution < -0.4 is 10.5 Å². The molecule has 0 bridgehead atoms. The SMILES string of the molecule is NC(=O)C1CC(=O)N(CCc2ccc3c(c2)CCO3)C1. The van der Waals surface area contributed by atoms with Crippen LogP contribution in [0.25, 0.3) is 0 Å².